The van der Waals surface area contributed by atoms with Gasteiger partial charge < -0.3 is 4.57 Å². The molecule has 0 atom stereocenters. The van der Waals surface area contributed by atoms with Crippen LogP contribution in [0, 0.1) is 0 Å². The van der Waals surface area contributed by atoms with Crippen molar-refractivity contribution in [1.29, 1.82) is 0 Å². The van der Waals surface area contributed by atoms with Gasteiger partial charge in [0.2, 0.25) is 0 Å². The van der Waals surface area contributed by atoms with Gasteiger partial charge in [-0.05, 0) is 68.1 Å². The molecule has 36 heavy (non-hydrogen) atoms. The highest BCUT2D eigenvalue weighted by molar-refractivity contribution is 6.20. The molecule has 0 unspecified atom stereocenters. The minimum Gasteiger partial charge on any atom is -0.309 e. The molecule has 0 saturated heterocycles. The second-order valence-electron chi connectivity index (χ2n) is 10.6. The molecule has 0 amide bonds. The van der Waals surface area contributed by atoms with Gasteiger partial charge in [-0.2, -0.15) is 0 Å². The molecule has 1 aliphatic rings. The molecular formula is C35H25N. The number of hydrogen-bond donors (Lipinski definition) is 0. The van der Waals surface area contributed by atoms with E-state index in [0.717, 1.165) is 0 Å². The number of hydrogen-bond acceptors (Lipinski definition) is 0. The molecule has 170 valence electrons. The second kappa shape index (κ2) is 6.86. The summed E-state index contributed by atoms with van der Waals surface area (Å²) in [5.74, 6) is 0. The first-order chi connectivity index (χ1) is 17.6. The summed E-state index contributed by atoms with van der Waals surface area (Å²) in [6.07, 6.45) is 0. The van der Waals surface area contributed by atoms with E-state index in [9.17, 15) is 0 Å². The summed E-state index contributed by atoms with van der Waals surface area (Å²) >= 11 is 0. The fourth-order valence-electron chi connectivity index (χ4n) is 6.64. The van der Waals surface area contributed by atoms with Crippen LogP contribution >= 0.6 is 0 Å². The van der Waals surface area contributed by atoms with Crippen LogP contribution in [0.4, 0.5) is 0 Å². The average Bonchev–Trinajstić information content (AvgIpc) is 3.37. The molecule has 0 aliphatic heterocycles. The van der Waals surface area contributed by atoms with Gasteiger partial charge in [-0.3, -0.25) is 0 Å². The van der Waals surface area contributed by atoms with E-state index < -0.39 is 0 Å². The first-order valence-corrected chi connectivity index (χ1v) is 12.7. The van der Waals surface area contributed by atoms with Crippen molar-refractivity contribution in [3.8, 4) is 16.8 Å². The zero-order valence-electron chi connectivity index (χ0n) is 20.4. The fraction of sp³-hybridized carbons (Fsp3) is 0.0857. The Morgan fingerprint density at radius 2 is 1.14 bits per heavy atom. The Kier molecular flexibility index (Phi) is 3.79. The van der Waals surface area contributed by atoms with Gasteiger partial charge in [0.25, 0.3) is 0 Å². The number of rotatable bonds is 1. The number of aromatic nitrogens is 1. The summed E-state index contributed by atoms with van der Waals surface area (Å²) in [6.45, 7) is 4.75. The number of para-hydroxylation sites is 1. The molecule has 6 aromatic carbocycles. The molecule has 1 heteroatoms. The lowest BCUT2D eigenvalue weighted by atomic mass is 9.82. The molecule has 1 aliphatic carbocycles. The standard InChI is InChI=1S/C35H25N/c1-35(2)28-18-16-23-10-5-6-12-26(23)32(28)34-29(35)19-20-31-33(34)27-13-7-8-14-30(27)36(31)25-17-15-22-9-3-4-11-24(22)21-25/h3-21H,1-2H3. The van der Waals surface area contributed by atoms with Gasteiger partial charge in [0.15, 0.2) is 0 Å². The summed E-state index contributed by atoms with van der Waals surface area (Å²) in [5.41, 5.74) is 9.32. The Hall–Kier alpha value is -4.36. The smallest absolute Gasteiger partial charge is 0.0547 e. The van der Waals surface area contributed by atoms with Gasteiger partial charge in [0, 0.05) is 21.9 Å². The SMILES string of the molecule is CC1(C)c2ccc3ccccc3c2-c2c1ccc1c2c2ccccc2n1-c1ccc2ccccc2c1. The molecule has 0 N–H and O–H groups in total. The van der Waals surface area contributed by atoms with Gasteiger partial charge >= 0.3 is 0 Å². The van der Waals surface area contributed by atoms with Gasteiger partial charge in [0.05, 0.1) is 11.0 Å². The van der Waals surface area contributed by atoms with Crippen LogP contribution in [0.1, 0.15) is 25.0 Å². The zero-order chi connectivity index (χ0) is 24.0. The number of benzene rings is 6. The van der Waals surface area contributed by atoms with E-state index in [0.29, 0.717) is 0 Å². The van der Waals surface area contributed by atoms with E-state index in [4.69, 9.17) is 0 Å². The van der Waals surface area contributed by atoms with Crippen molar-refractivity contribution in [1.82, 2.24) is 4.57 Å². The average molecular weight is 460 g/mol. The third kappa shape index (κ3) is 2.45. The summed E-state index contributed by atoms with van der Waals surface area (Å²) in [5, 5.41) is 7.85. The Morgan fingerprint density at radius 3 is 2.00 bits per heavy atom. The van der Waals surface area contributed by atoms with E-state index >= 15 is 0 Å². The van der Waals surface area contributed by atoms with Crippen molar-refractivity contribution in [3.05, 3.63) is 126 Å². The van der Waals surface area contributed by atoms with Crippen LogP contribution in [0.5, 0.6) is 0 Å². The van der Waals surface area contributed by atoms with E-state index in [2.05, 4.69) is 134 Å². The van der Waals surface area contributed by atoms with Crippen LogP contribution in [-0.2, 0) is 5.41 Å². The van der Waals surface area contributed by atoms with Crippen LogP contribution < -0.4 is 0 Å². The normalized spacial score (nSPS) is 14.1. The minimum atomic E-state index is -0.0466. The Labute approximate surface area is 210 Å². The Bertz CT molecular complexity index is 2020. The third-order valence-corrected chi connectivity index (χ3v) is 8.36. The van der Waals surface area contributed by atoms with E-state index in [-0.39, 0.29) is 5.41 Å². The predicted octanol–water partition coefficient (Wildman–Crippen LogP) is 9.40. The summed E-state index contributed by atoms with van der Waals surface area (Å²) < 4.78 is 2.45. The van der Waals surface area contributed by atoms with E-state index in [1.54, 1.807) is 0 Å². The maximum atomic E-state index is 2.45. The highest BCUT2D eigenvalue weighted by Crippen LogP contribution is 2.55. The summed E-state index contributed by atoms with van der Waals surface area (Å²) in [4.78, 5) is 0. The minimum absolute atomic E-state index is 0.0466. The molecule has 8 rings (SSSR count). The highest BCUT2D eigenvalue weighted by atomic mass is 15.0. The van der Waals surface area contributed by atoms with Gasteiger partial charge in [-0.25, -0.2) is 0 Å². The topological polar surface area (TPSA) is 4.93 Å². The quantitative estimate of drug-likeness (QED) is 0.230. The zero-order valence-corrected chi connectivity index (χ0v) is 20.4. The maximum Gasteiger partial charge on any atom is 0.0547 e. The molecule has 1 aromatic heterocycles. The largest absolute Gasteiger partial charge is 0.309 e. The van der Waals surface area contributed by atoms with E-state index in [1.807, 2.05) is 0 Å². The monoisotopic (exact) mass is 459 g/mol. The van der Waals surface area contributed by atoms with Crippen LogP contribution in [-0.4, -0.2) is 4.57 Å². The Morgan fingerprint density at radius 1 is 0.500 bits per heavy atom. The lowest BCUT2D eigenvalue weighted by Crippen LogP contribution is -2.14. The van der Waals surface area contributed by atoms with Crippen LogP contribution in [0.3, 0.4) is 0 Å². The molecule has 0 fully saturated rings. The second-order valence-corrected chi connectivity index (χ2v) is 10.6. The van der Waals surface area contributed by atoms with Crippen molar-refractivity contribution < 1.29 is 0 Å². The predicted molar refractivity (Wildman–Crippen MR) is 153 cm³/mol. The van der Waals surface area contributed by atoms with Crippen molar-refractivity contribution in [2.75, 3.05) is 0 Å². The highest BCUT2D eigenvalue weighted by Gasteiger charge is 2.38. The molecule has 7 aromatic rings. The summed E-state index contributed by atoms with van der Waals surface area (Å²) in [6, 6.07) is 42.5. The van der Waals surface area contributed by atoms with Gasteiger partial charge in [-0.15, -0.1) is 0 Å². The van der Waals surface area contributed by atoms with Crippen LogP contribution in [0.2, 0.25) is 0 Å². The third-order valence-electron chi connectivity index (χ3n) is 8.36. The fourth-order valence-corrected chi connectivity index (χ4v) is 6.64. The summed E-state index contributed by atoms with van der Waals surface area (Å²) in [7, 11) is 0. The van der Waals surface area contributed by atoms with Crippen molar-refractivity contribution >= 4 is 43.4 Å². The van der Waals surface area contributed by atoms with Crippen molar-refractivity contribution in [3.63, 3.8) is 0 Å². The van der Waals surface area contributed by atoms with Gasteiger partial charge in [0.1, 0.15) is 0 Å². The van der Waals surface area contributed by atoms with E-state index in [1.165, 1.54) is 71.3 Å². The first-order valence-electron chi connectivity index (χ1n) is 12.7. The molecule has 0 saturated carbocycles. The molecular weight excluding hydrogens is 434 g/mol. The Balaban J connectivity index is 1.56. The molecule has 1 heterocycles. The maximum absolute atomic E-state index is 2.45. The number of fused-ring (bicyclic) bond motifs is 10. The molecule has 0 spiro atoms. The van der Waals surface area contributed by atoms with Crippen molar-refractivity contribution in [2.45, 2.75) is 19.3 Å². The van der Waals surface area contributed by atoms with Crippen molar-refractivity contribution in [2.24, 2.45) is 0 Å². The number of nitrogens with zero attached hydrogens (tertiary/aromatic N) is 1. The first kappa shape index (κ1) is 19.9. The molecule has 1 nitrogen and oxygen atoms in total. The molecule has 0 radical (unpaired) electrons. The van der Waals surface area contributed by atoms with Crippen LogP contribution in [0.25, 0.3) is 60.2 Å². The van der Waals surface area contributed by atoms with Crippen LogP contribution in [0.15, 0.2) is 115 Å². The lowest BCUT2D eigenvalue weighted by Gasteiger charge is -2.21. The molecule has 0 bridgehead atoms. The lowest BCUT2D eigenvalue weighted by molar-refractivity contribution is 0.661. The van der Waals surface area contributed by atoms with Gasteiger partial charge in [-0.1, -0.05) is 105 Å².